The predicted octanol–water partition coefficient (Wildman–Crippen LogP) is 5.17. The van der Waals surface area contributed by atoms with Crippen LogP contribution in [-0.2, 0) is 22.5 Å². The monoisotopic (exact) mass is 614 g/mol. The second-order valence-corrected chi connectivity index (χ2v) is 9.57. The van der Waals surface area contributed by atoms with Crippen LogP contribution in [0.5, 0.6) is 5.88 Å². The second-order valence-electron chi connectivity index (χ2n) is 7.26. The van der Waals surface area contributed by atoms with Gasteiger partial charge in [-0.1, -0.05) is 58.9 Å². The number of aliphatic hydroxyl groups is 1. The van der Waals surface area contributed by atoms with Crippen molar-refractivity contribution in [2.45, 2.75) is 37.2 Å². The zero-order valence-corrected chi connectivity index (χ0v) is 24.9. The zero-order valence-electron chi connectivity index (χ0n) is 21.8. The maximum atomic E-state index is 12.0. The summed E-state index contributed by atoms with van der Waals surface area (Å²) >= 11 is 14.6. The first kappa shape index (κ1) is 32.6. The molecule has 39 heavy (non-hydrogen) atoms. The molecule has 0 fully saturated rings. The Hall–Kier alpha value is -2.64. The number of benzene rings is 1. The fourth-order valence-electron chi connectivity index (χ4n) is 2.84. The Morgan fingerprint density at radius 2 is 1.51 bits per heavy atom. The Labute approximate surface area is 245 Å². The molecule has 0 spiro atoms. The molecular weight excluding hydrogens is 587 g/mol. The Bertz CT molecular complexity index is 1270. The Kier molecular flexibility index (Phi) is 14.3. The lowest BCUT2D eigenvalue weighted by Gasteiger charge is -2.11. The van der Waals surface area contributed by atoms with Crippen LogP contribution < -0.4 is 4.74 Å². The number of nitrogens with zero attached hydrogens (tertiary/aromatic N) is 4. The van der Waals surface area contributed by atoms with E-state index in [2.05, 4.69) is 19.9 Å². The number of rotatable bonds is 11. The van der Waals surface area contributed by atoms with E-state index < -0.39 is 11.9 Å². The van der Waals surface area contributed by atoms with Gasteiger partial charge >= 0.3 is 11.9 Å². The van der Waals surface area contributed by atoms with Gasteiger partial charge in [0.15, 0.2) is 10.3 Å². The minimum atomic E-state index is -0.513. The lowest BCUT2D eigenvalue weighted by atomic mass is 10.1. The van der Waals surface area contributed by atoms with E-state index in [9.17, 15) is 9.59 Å². The number of hydrogen-bond donors (Lipinski definition) is 1. The first-order valence-corrected chi connectivity index (χ1v) is 14.8. The van der Waals surface area contributed by atoms with Crippen LogP contribution in [0.3, 0.4) is 0 Å². The van der Waals surface area contributed by atoms with Gasteiger partial charge in [-0.05, 0) is 43.6 Å². The minimum Gasteiger partial charge on any atom is -0.477 e. The molecule has 0 aliphatic heterocycles. The summed E-state index contributed by atoms with van der Waals surface area (Å²) < 4.78 is 15.5. The van der Waals surface area contributed by atoms with Gasteiger partial charge in [-0.25, -0.2) is 24.5 Å². The van der Waals surface area contributed by atoms with Crippen LogP contribution in [0.15, 0.2) is 40.9 Å². The largest absolute Gasteiger partial charge is 0.477 e. The number of carbonyl (C=O) groups is 2. The first-order valence-electron chi connectivity index (χ1n) is 11.6. The lowest BCUT2D eigenvalue weighted by molar-refractivity contribution is 0.0512. The third-order valence-corrected chi connectivity index (χ3v) is 6.49. The Morgan fingerprint density at radius 3 is 2.05 bits per heavy atom. The summed E-state index contributed by atoms with van der Waals surface area (Å²) in [5.41, 5.74) is 2.04. The second kappa shape index (κ2) is 17.1. The van der Waals surface area contributed by atoms with Gasteiger partial charge in [0.05, 0.1) is 26.4 Å². The molecule has 0 atom stereocenters. The number of thioether (sulfide) groups is 2. The van der Waals surface area contributed by atoms with Gasteiger partial charge in [0, 0.05) is 23.8 Å². The molecule has 0 unspecified atom stereocenters. The van der Waals surface area contributed by atoms with Crippen molar-refractivity contribution in [3.8, 4) is 5.88 Å². The van der Waals surface area contributed by atoms with Crippen molar-refractivity contribution in [3.63, 3.8) is 0 Å². The summed E-state index contributed by atoms with van der Waals surface area (Å²) in [7, 11) is 0. The summed E-state index contributed by atoms with van der Waals surface area (Å²) in [4.78, 5) is 39.4. The smallest absolute Gasteiger partial charge is 0.345 e. The minimum absolute atomic E-state index is 0.100. The van der Waals surface area contributed by atoms with Gasteiger partial charge in [0.2, 0.25) is 5.88 Å². The molecule has 0 amide bonds. The molecule has 1 aromatic carbocycles. The number of esters is 2. The van der Waals surface area contributed by atoms with Crippen LogP contribution in [-0.4, -0.2) is 69.3 Å². The summed E-state index contributed by atoms with van der Waals surface area (Å²) in [5.74, 6) is -0.804. The van der Waals surface area contributed by atoms with Gasteiger partial charge in [0.1, 0.15) is 16.3 Å². The molecule has 2 aromatic heterocycles. The molecule has 14 heteroatoms. The van der Waals surface area contributed by atoms with Gasteiger partial charge in [-0.3, -0.25) is 0 Å². The first-order chi connectivity index (χ1) is 18.8. The fraction of sp³-hybridized carbons (Fsp3) is 0.360. The molecule has 0 aliphatic rings. The number of aromatic nitrogens is 4. The standard InChI is InChI=1S/C17H19ClN2O4S.C8H9ClN2O2S/c1-3-23-16(22)13-9-19-17(25-2)20-15(13)24-7-6-11-4-5-12(10-21)14(18)8-11;1-3-13-7(12)5-4-10-8(14-2)11-6(5)9/h4-5,8-9,21H,3,6-7,10H2,1-2H3;4H,3H2,1-2H3. The maximum absolute atomic E-state index is 12.0. The summed E-state index contributed by atoms with van der Waals surface area (Å²) in [6.45, 7) is 4.24. The number of aliphatic hydroxyl groups excluding tert-OH is 1. The van der Waals surface area contributed by atoms with E-state index in [1.165, 1.54) is 35.9 Å². The highest BCUT2D eigenvalue weighted by Gasteiger charge is 2.17. The summed E-state index contributed by atoms with van der Waals surface area (Å²) in [5, 5.41) is 10.8. The molecule has 0 aliphatic carbocycles. The fourth-order valence-corrected chi connectivity index (χ4v) is 4.03. The highest BCUT2D eigenvalue weighted by molar-refractivity contribution is 7.98. The van der Waals surface area contributed by atoms with E-state index in [0.717, 1.165) is 5.56 Å². The van der Waals surface area contributed by atoms with E-state index >= 15 is 0 Å². The van der Waals surface area contributed by atoms with E-state index in [-0.39, 0.29) is 35.4 Å². The van der Waals surface area contributed by atoms with Crippen molar-refractivity contribution < 1.29 is 28.9 Å². The van der Waals surface area contributed by atoms with Crippen molar-refractivity contribution in [2.24, 2.45) is 0 Å². The molecule has 3 rings (SSSR count). The van der Waals surface area contributed by atoms with Crippen molar-refractivity contribution in [1.82, 2.24) is 19.9 Å². The lowest BCUT2D eigenvalue weighted by Crippen LogP contribution is -2.12. The SMILES string of the molecule is CCOC(=O)c1cnc(SC)nc1Cl.CCOC(=O)c1cnc(SC)nc1OCCc1ccc(CO)c(Cl)c1. The van der Waals surface area contributed by atoms with Crippen LogP contribution in [0.25, 0.3) is 0 Å². The average molecular weight is 616 g/mol. The zero-order chi connectivity index (χ0) is 28.8. The molecule has 0 saturated carbocycles. The van der Waals surface area contributed by atoms with Crippen molar-refractivity contribution >= 4 is 58.7 Å². The molecule has 0 bridgehead atoms. The van der Waals surface area contributed by atoms with E-state index in [1.54, 1.807) is 26.0 Å². The third kappa shape index (κ3) is 10.1. The highest BCUT2D eigenvalue weighted by atomic mass is 35.5. The molecular formula is C25H28Cl2N4O6S2. The molecule has 3 aromatic rings. The normalized spacial score (nSPS) is 10.3. The van der Waals surface area contributed by atoms with Gasteiger partial charge in [-0.2, -0.15) is 4.98 Å². The molecule has 2 heterocycles. The molecule has 210 valence electrons. The molecule has 0 saturated heterocycles. The maximum Gasteiger partial charge on any atom is 0.345 e. The third-order valence-electron chi connectivity index (χ3n) is 4.73. The molecule has 0 radical (unpaired) electrons. The van der Waals surface area contributed by atoms with Crippen molar-refractivity contribution in [2.75, 3.05) is 32.3 Å². The van der Waals surface area contributed by atoms with Gasteiger partial charge in [-0.15, -0.1) is 0 Å². The van der Waals surface area contributed by atoms with Gasteiger partial charge in [0.25, 0.3) is 0 Å². The number of halogens is 2. The Balaban J connectivity index is 0.000000322. The van der Waals surface area contributed by atoms with Crippen LogP contribution in [0, 0.1) is 0 Å². The quantitative estimate of drug-likeness (QED) is 0.132. The van der Waals surface area contributed by atoms with E-state index in [0.29, 0.717) is 40.5 Å². The van der Waals surface area contributed by atoms with Crippen LogP contribution in [0.4, 0.5) is 0 Å². The summed E-state index contributed by atoms with van der Waals surface area (Å²) in [6, 6.07) is 5.44. The van der Waals surface area contributed by atoms with Crippen molar-refractivity contribution in [1.29, 1.82) is 0 Å². The van der Waals surface area contributed by atoms with Gasteiger partial charge < -0.3 is 19.3 Å². The predicted molar refractivity (Wildman–Crippen MR) is 151 cm³/mol. The molecule has 1 N–H and O–H groups in total. The van der Waals surface area contributed by atoms with Crippen LogP contribution >= 0.6 is 46.7 Å². The topological polar surface area (TPSA) is 134 Å². The summed E-state index contributed by atoms with van der Waals surface area (Å²) in [6.07, 6.45) is 7.04. The average Bonchev–Trinajstić information content (AvgIpc) is 2.93. The van der Waals surface area contributed by atoms with E-state index in [1.807, 2.05) is 18.6 Å². The number of ether oxygens (including phenoxy) is 3. The van der Waals surface area contributed by atoms with E-state index in [4.69, 9.17) is 42.5 Å². The van der Waals surface area contributed by atoms with Crippen LogP contribution in [0.2, 0.25) is 10.2 Å². The number of hydrogen-bond acceptors (Lipinski definition) is 12. The van der Waals surface area contributed by atoms with Crippen molar-refractivity contribution in [3.05, 3.63) is 63.0 Å². The Morgan fingerprint density at radius 1 is 0.923 bits per heavy atom. The van der Waals surface area contributed by atoms with Crippen LogP contribution in [0.1, 0.15) is 45.7 Å². The number of carbonyl (C=O) groups excluding carboxylic acids is 2. The molecule has 10 nitrogen and oxygen atoms in total. The highest BCUT2D eigenvalue weighted by Crippen LogP contribution is 2.22.